The summed E-state index contributed by atoms with van der Waals surface area (Å²) in [5.74, 6) is 2.52. The summed E-state index contributed by atoms with van der Waals surface area (Å²) >= 11 is 0. The molecule has 2 N–H and O–H groups in total. The van der Waals surface area contributed by atoms with Crippen LogP contribution in [0.1, 0.15) is 45.1 Å². The molecule has 0 radical (unpaired) electrons. The van der Waals surface area contributed by atoms with Crippen molar-refractivity contribution >= 4 is 0 Å². The van der Waals surface area contributed by atoms with Gasteiger partial charge in [0.15, 0.2) is 11.5 Å². The first-order valence-electron chi connectivity index (χ1n) is 7.67. The molecule has 2 rings (SSSR count). The van der Waals surface area contributed by atoms with E-state index >= 15 is 0 Å². The lowest BCUT2D eigenvalue weighted by atomic mass is 9.89. The van der Waals surface area contributed by atoms with Gasteiger partial charge in [0.25, 0.3) is 0 Å². The van der Waals surface area contributed by atoms with E-state index in [1.165, 1.54) is 18.4 Å². The molecule has 1 fully saturated rings. The van der Waals surface area contributed by atoms with Gasteiger partial charge < -0.3 is 15.2 Å². The zero-order chi connectivity index (χ0) is 14.5. The maximum atomic E-state index is 6.13. The Kier molecular flexibility index (Phi) is 5.30. The third kappa shape index (κ3) is 4.14. The van der Waals surface area contributed by atoms with Gasteiger partial charge in [-0.05, 0) is 62.6 Å². The number of ether oxygens (including phenoxy) is 2. The van der Waals surface area contributed by atoms with E-state index in [2.05, 4.69) is 13.0 Å². The summed E-state index contributed by atoms with van der Waals surface area (Å²) in [5, 5.41) is 0. The fourth-order valence-electron chi connectivity index (χ4n) is 2.84. The molecule has 1 unspecified atom stereocenters. The van der Waals surface area contributed by atoms with E-state index in [4.69, 9.17) is 15.2 Å². The van der Waals surface area contributed by atoms with Crippen LogP contribution in [0.15, 0.2) is 18.2 Å². The van der Waals surface area contributed by atoms with Crippen molar-refractivity contribution < 1.29 is 9.47 Å². The van der Waals surface area contributed by atoms with Gasteiger partial charge in [-0.2, -0.15) is 0 Å². The van der Waals surface area contributed by atoms with Crippen LogP contribution in [0.2, 0.25) is 0 Å². The van der Waals surface area contributed by atoms with Gasteiger partial charge in [-0.1, -0.05) is 13.0 Å². The molecule has 1 aliphatic carbocycles. The van der Waals surface area contributed by atoms with E-state index in [0.717, 1.165) is 36.7 Å². The molecule has 1 atom stereocenters. The van der Waals surface area contributed by atoms with Crippen molar-refractivity contribution in [3.8, 4) is 11.5 Å². The Morgan fingerprint density at radius 2 is 1.90 bits per heavy atom. The minimum atomic E-state index is 0.159. The minimum absolute atomic E-state index is 0.159. The lowest BCUT2D eigenvalue weighted by Crippen LogP contribution is -2.23. The summed E-state index contributed by atoms with van der Waals surface area (Å²) < 4.78 is 11.6. The lowest BCUT2D eigenvalue weighted by Gasteiger charge is -2.27. The zero-order valence-corrected chi connectivity index (χ0v) is 12.9. The predicted molar refractivity (Wildman–Crippen MR) is 82.4 cm³/mol. The average Bonchev–Trinajstić information content (AvgIpc) is 2.42. The largest absolute Gasteiger partial charge is 0.493 e. The Balaban J connectivity index is 2.03. The number of rotatable bonds is 5. The Morgan fingerprint density at radius 3 is 2.50 bits per heavy atom. The van der Waals surface area contributed by atoms with Crippen LogP contribution in [0.4, 0.5) is 0 Å². The Labute approximate surface area is 122 Å². The molecule has 0 aromatic heterocycles. The monoisotopic (exact) mass is 277 g/mol. The second-order valence-corrected chi connectivity index (χ2v) is 6.17. The molecule has 3 nitrogen and oxygen atoms in total. The molecule has 0 heterocycles. The molecule has 1 aliphatic rings. The van der Waals surface area contributed by atoms with Gasteiger partial charge in [0.05, 0.1) is 13.2 Å². The topological polar surface area (TPSA) is 44.5 Å². The smallest absolute Gasteiger partial charge is 0.161 e. The van der Waals surface area contributed by atoms with Crippen LogP contribution in [0, 0.1) is 5.92 Å². The highest BCUT2D eigenvalue weighted by Gasteiger charge is 2.20. The maximum Gasteiger partial charge on any atom is 0.161 e. The average molecular weight is 277 g/mol. The van der Waals surface area contributed by atoms with Crippen molar-refractivity contribution in [3.63, 3.8) is 0 Å². The number of benzene rings is 1. The van der Waals surface area contributed by atoms with Gasteiger partial charge in [0.2, 0.25) is 0 Å². The van der Waals surface area contributed by atoms with Gasteiger partial charge in [-0.15, -0.1) is 0 Å². The van der Waals surface area contributed by atoms with Crippen molar-refractivity contribution in [1.29, 1.82) is 0 Å². The molecule has 0 amide bonds. The summed E-state index contributed by atoms with van der Waals surface area (Å²) in [5.41, 5.74) is 7.04. The van der Waals surface area contributed by atoms with E-state index < -0.39 is 0 Å². The molecule has 0 bridgehead atoms. The highest BCUT2D eigenvalue weighted by Crippen LogP contribution is 2.33. The molecule has 1 saturated carbocycles. The van der Waals surface area contributed by atoms with Crippen LogP contribution in [0.3, 0.4) is 0 Å². The molecule has 0 saturated heterocycles. The summed E-state index contributed by atoms with van der Waals surface area (Å²) in [6.07, 6.45) is 6.00. The number of hydrogen-bond acceptors (Lipinski definition) is 3. The Morgan fingerprint density at radius 1 is 1.20 bits per heavy atom. The third-order valence-electron chi connectivity index (χ3n) is 4.04. The molecule has 0 spiro atoms. The Hall–Kier alpha value is -1.22. The van der Waals surface area contributed by atoms with E-state index in [1.54, 1.807) is 7.11 Å². The summed E-state index contributed by atoms with van der Waals surface area (Å²) in [4.78, 5) is 0. The highest BCUT2D eigenvalue weighted by atomic mass is 16.5. The summed E-state index contributed by atoms with van der Waals surface area (Å²) in [6.45, 7) is 4.33. The van der Waals surface area contributed by atoms with Gasteiger partial charge in [-0.25, -0.2) is 0 Å². The minimum Gasteiger partial charge on any atom is -0.493 e. The fourth-order valence-corrected chi connectivity index (χ4v) is 2.84. The fraction of sp³-hybridized carbons (Fsp3) is 0.647. The van der Waals surface area contributed by atoms with Crippen molar-refractivity contribution in [2.24, 2.45) is 11.7 Å². The van der Waals surface area contributed by atoms with Crippen molar-refractivity contribution in [2.45, 2.75) is 58.1 Å². The van der Waals surface area contributed by atoms with Crippen LogP contribution in [0.25, 0.3) is 0 Å². The predicted octanol–water partition coefficient (Wildman–Crippen LogP) is 3.54. The summed E-state index contributed by atoms with van der Waals surface area (Å²) in [6, 6.07) is 6.32. The second kappa shape index (κ2) is 6.98. The first kappa shape index (κ1) is 15.2. The van der Waals surface area contributed by atoms with Crippen molar-refractivity contribution in [3.05, 3.63) is 23.8 Å². The molecule has 1 aromatic carbocycles. The van der Waals surface area contributed by atoms with E-state index in [9.17, 15) is 0 Å². The number of hydrogen-bond donors (Lipinski definition) is 1. The van der Waals surface area contributed by atoms with Crippen molar-refractivity contribution in [1.82, 2.24) is 0 Å². The molecular formula is C17H27NO2. The molecule has 20 heavy (non-hydrogen) atoms. The summed E-state index contributed by atoms with van der Waals surface area (Å²) in [7, 11) is 1.70. The quantitative estimate of drug-likeness (QED) is 0.895. The highest BCUT2D eigenvalue weighted by molar-refractivity contribution is 5.43. The van der Waals surface area contributed by atoms with Gasteiger partial charge in [0, 0.05) is 6.04 Å². The SMILES string of the molecule is COc1cc(CC(C)N)ccc1OC1CCC(C)CC1. The van der Waals surface area contributed by atoms with Crippen LogP contribution in [-0.4, -0.2) is 19.3 Å². The molecule has 0 aliphatic heterocycles. The first-order valence-corrected chi connectivity index (χ1v) is 7.67. The molecular weight excluding hydrogens is 250 g/mol. The van der Waals surface area contributed by atoms with Crippen LogP contribution in [-0.2, 0) is 6.42 Å². The first-order chi connectivity index (χ1) is 9.58. The maximum absolute atomic E-state index is 6.13. The van der Waals surface area contributed by atoms with Crippen LogP contribution >= 0.6 is 0 Å². The second-order valence-electron chi connectivity index (χ2n) is 6.17. The van der Waals surface area contributed by atoms with Crippen molar-refractivity contribution in [2.75, 3.05) is 7.11 Å². The van der Waals surface area contributed by atoms with E-state index in [0.29, 0.717) is 6.10 Å². The van der Waals surface area contributed by atoms with Crippen LogP contribution < -0.4 is 15.2 Å². The molecule has 1 aromatic rings. The van der Waals surface area contributed by atoms with Gasteiger partial charge in [-0.3, -0.25) is 0 Å². The molecule has 3 heteroatoms. The lowest BCUT2D eigenvalue weighted by molar-refractivity contribution is 0.131. The van der Waals surface area contributed by atoms with Gasteiger partial charge >= 0.3 is 0 Å². The van der Waals surface area contributed by atoms with E-state index in [-0.39, 0.29) is 6.04 Å². The number of methoxy groups -OCH3 is 1. The molecule has 112 valence electrons. The number of nitrogens with two attached hydrogens (primary N) is 1. The third-order valence-corrected chi connectivity index (χ3v) is 4.04. The van der Waals surface area contributed by atoms with Gasteiger partial charge in [0.1, 0.15) is 0 Å². The standard InChI is InChI=1S/C17H27NO2/c1-12-4-7-15(8-5-12)20-16-9-6-14(10-13(2)18)11-17(16)19-3/h6,9,11-13,15H,4-5,7-8,10,18H2,1-3H3. The normalized spacial score (nSPS) is 24.2. The Bertz CT molecular complexity index is 423. The zero-order valence-electron chi connectivity index (χ0n) is 12.9. The van der Waals surface area contributed by atoms with E-state index in [1.807, 2.05) is 19.1 Å². The van der Waals surface area contributed by atoms with Crippen LogP contribution in [0.5, 0.6) is 11.5 Å².